The number of hydrogen-bond donors (Lipinski definition) is 1. The summed E-state index contributed by atoms with van der Waals surface area (Å²) in [5.41, 5.74) is 0.394. The number of rotatable bonds is 5. The van der Waals surface area contributed by atoms with E-state index in [1.807, 2.05) is 12.1 Å². The zero-order valence-electron chi connectivity index (χ0n) is 13.3. The molecule has 0 saturated carbocycles. The average molecular weight is 328 g/mol. The summed E-state index contributed by atoms with van der Waals surface area (Å²) < 4.78 is 9.88. The number of esters is 1. The van der Waals surface area contributed by atoms with Gasteiger partial charge in [-0.1, -0.05) is 23.7 Å². The maximum absolute atomic E-state index is 11.8. The Morgan fingerprint density at radius 2 is 1.82 bits per heavy atom. The van der Waals surface area contributed by atoms with Crippen LogP contribution in [-0.2, 0) is 20.7 Å². The highest BCUT2D eigenvalue weighted by Crippen LogP contribution is 2.13. The molecular weight excluding hydrogens is 306 g/mol. The Bertz CT molecular complexity index is 508. The smallest absolute Gasteiger partial charge is 0.408 e. The monoisotopic (exact) mass is 327 g/mol. The lowest BCUT2D eigenvalue weighted by molar-refractivity contribution is -0.143. The van der Waals surface area contributed by atoms with E-state index >= 15 is 0 Å². The summed E-state index contributed by atoms with van der Waals surface area (Å²) in [6.45, 7) is 5.27. The van der Waals surface area contributed by atoms with Crippen molar-refractivity contribution >= 4 is 23.7 Å². The number of carbonyl (C=O) groups is 2. The minimum Gasteiger partial charge on any atom is -0.467 e. The minimum absolute atomic E-state index is 0.410. The van der Waals surface area contributed by atoms with Crippen molar-refractivity contribution in [1.29, 1.82) is 0 Å². The topological polar surface area (TPSA) is 64.6 Å². The first kappa shape index (κ1) is 18.3. The SMILES string of the molecule is COC(=O)C(CCc1ccc(Cl)cc1)NC(=O)OC(C)(C)C. The van der Waals surface area contributed by atoms with Crippen molar-refractivity contribution in [3.05, 3.63) is 34.9 Å². The molecule has 0 aliphatic carbocycles. The fourth-order valence-electron chi connectivity index (χ4n) is 1.80. The van der Waals surface area contributed by atoms with Crippen LogP contribution in [0.25, 0.3) is 0 Å². The summed E-state index contributed by atoms with van der Waals surface area (Å²) in [6.07, 6.45) is 0.374. The van der Waals surface area contributed by atoms with Crippen LogP contribution in [0.1, 0.15) is 32.8 Å². The van der Waals surface area contributed by atoms with Crippen molar-refractivity contribution in [3.63, 3.8) is 0 Å². The molecule has 0 fully saturated rings. The Labute approximate surface area is 135 Å². The lowest BCUT2D eigenvalue weighted by atomic mass is 10.1. The van der Waals surface area contributed by atoms with Gasteiger partial charge in [0.15, 0.2) is 0 Å². The number of hydrogen-bond acceptors (Lipinski definition) is 4. The zero-order chi connectivity index (χ0) is 16.8. The summed E-state index contributed by atoms with van der Waals surface area (Å²) >= 11 is 5.83. The van der Waals surface area contributed by atoms with Crippen LogP contribution in [0.2, 0.25) is 5.02 Å². The first-order valence-electron chi connectivity index (χ1n) is 7.03. The highest BCUT2D eigenvalue weighted by atomic mass is 35.5. The third kappa shape index (κ3) is 6.80. The van der Waals surface area contributed by atoms with Crippen molar-refractivity contribution in [2.24, 2.45) is 0 Å². The van der Waals surface area contributed by atoms with E-state index in [4.69, 9.17) is 21.1 Å². The molecule has 5 nitrogen and oxygen atoms in total. The van der Waals surface area contributed by atoms with Crippen molar-refractivity contribution in [2.75, 3.05) is 7.11 Å². The molecule has 0 heterocycles. The predicted molar refractivity (Wildman–Crippen MR) is 84.9 cm³/mol. The van der Waals surface area contributed by atoms with Gasteiger partial charge >= 0.3 is 12.1 Å². The average Bonchev–Trinajstić information content (AvgIpc) is 2.42. The van der Waals surface area contributed by atoms with E-state index in [2.05, 4.69) is 5.32 Å². The molecule has 0 radical (unpaired) electrons. The first-order valence-corrected chi connectivity index (χ1v) is 7.41. The Morgan fingerprint density at radius 3 is 2.32 bits per heavy atom. The van der Waals surface area contributed by atoms with Crippen molar-refractivity contribution in [3.8, 4) is 0 Å². The van der Waals surface area contributed by atoms with E-state index in [1.165, 1.54) is 7.11 Å². The van der Waals surface area contributed by atoms with Crippen LogP contribution < -0.4 is 5.32 Å². The van der Waals surface area contributed by atoms with Gasteiger partial charge in [-0.15, -0.1) is 0 Å². The number of carbonyl (C=O) groups excluding carboxylic acids is 2. The van der Waals surface area contributed by atoms with E-state index in [0.717, 1.165) is 5.56 Å². The van der Waals surface area contributed by atoms with E-state index in [1.54, 1.807) is 32.9 Å². The number of methoxy groups -OCH3 is 1. The van der Waals surface area contributed by atoms with Crippen LogP contribution in [0.5, 0.6) is 0 Å². The van der Waals surface area contributed by atoms with Crippen molar-refractivity contribution in [1.82, 2.24) is 5.32 Å². The number of ether oxygens (including phenoxy) is 2. The van der Waals surface area contributed by atoms with E-state index < -0.39 is 23.7 Å². The predicted octanol–water partition coefficient (Wildman–Crippen LogP) is 3.34. The number of aryl methyl sites for hydroxylation is 1. The normalized spacial score (nSPS) is 12.4. The van der Waals surface area contributed by atoms with Crippen LogP contribution in [-0.4, -0.2) is 30.8 Å². The fraction of sp³-hybridized carbons (Fsp3) is 0.500. The molecule has 0 bridgehead atoms. The van der Waals surface area contributed by atoms with Gasteiger partial charge in [0.1, 0.15) is 11.6 Å². The molecule has 1 aromatic rings. The number of benzene rings is 1. The Kier molecular flexibility index (Phi) is 6.68. The van der Waals surface area contributed by atoms with Crippen LogP contribution in [0.4, 0.5) is 4.79 Å². The van der Waals surface area contributed by atoms with Crippen molar-refractivity contribution < 1.29 is 19.1 Å². The van der Waals surface area contributed by atoms with E-state index in [9.17, 15) is 9.59 Å². The molecule has 1 rings (SSSR count). The maximum atomic E-state index is 11.8. The molecule has 122 valence electrons. The first-order chi connectivity index (χ1) is 10.2. The molecule has 1 unspecified atom stereocenters. The van der Waals surface area contributed by atoms with Gasteiger partial charge in [-0.05, 0) is 51.3 Å². The second-order valence-corrected chi connectivity index (χ2v) is 6.32. The molecule has 0 aliphatic rings. The van der Waals surface area contributed by atoms with Gasteiger partial charge in [0.05, 0.1) is 7.11 Å². The van der Waals surface area contributed by atoms with E-state index in [0.29, 0.717) is 17.9 Å². The molecule has 0 saturated heterocycles. The van der Waals surface area contributed by atoms with Gasteiger partial charge in [-0.2, -0.15) is 0 Å². The highest BCUT2D eigenvalue weighted by molar-refractivity contribution is 6.30. The zero-order valence-corrected chi connectivity index (χ0v) is 14.1. The summed E-state index contributed by atoms with van der Waals surface area (Å²) in [7, 11) is 1.29. The molecule has 6 heteroatoms. The molecule has 22 heavy (non-hydrogen) atoms. The maximum Gasteiger partial charge on any atom is 0.408 e. The third-order valence-electron chi connectivity index (χ3n) is 2.81. The van der Waals surface area contributed by atoms with Gasteiger partial charge in [0, 0.05) is 5.02 Å². The Hall–Kier alpha value is -1.75. The van der Waals surface area contributed by atoms with Gasteiger partial charge in [-0.3, -0.25) is 0 Å². The Morgan fingerprint density at radius 1 is 1.23 bits per heavy atom. The van der Waals surface area contributed by atoms with Crippen molar-refractivity contribution in [2.45, 2.75) is 45.3 Å². The second-order valence-electron chi connectivity index (χ2n) is 5.89. The van der Waals surface area contributed by atoms with Crippen LogP contribution >= 0.6 is 11.6 Å². The molecule has 1 atom stereocenters. The number of amides is 1. The molecule has 0 spiro atoms. The van der Waals surface area contributed by atoms with Gasteiger partial charge in [0.25, 0.3) is 0 Å². The quantitative estimate of drug-likeness (QED) is 0.842. The second kappa shape index (κ2) is 8.03. The molecular formula is C16H22ClNO4. The number of alkyl carbamates (subject to hydrolysis) is 1. The summed E-state index contributed by atoms with van der Waals surface area (Å²) in [4.78, 5) is 23.6. The lowest BCUT2D eigenvalue weighted by Crippen LogP contribution is -2.44. The molecule has 1 amide bonds. The van der Waals surface area contributed by atoms with Gasteiger partial charge < -0.3 is 14.8 Å². The number of halogens is 1. The number of nitrogens with one attached hydrogen (secondary N) is 1. The summed E-state index contributed by atoms with van der Waals surface area (Å²) in [5.74, 6) is -0.500. The van der Waals surface area contributed by atoms with Gasteiger partial charge in [0.2, 0.25) is 0 Å². The summed E-state index contributed by atoms with van der Waals surface area (Å²) in [5, 5.41) is 3.20. The third-order valence-corrected chi connectivity index (χ3v) is 3.06. The van der Waals surface area contributed by atoms with Crippen LogP contribution in [0, 0.1) is 0 Å². The summed E-state index contributed by atoms with van der Waals surface area (Å²) in [6, 6.07) is 6.57. The fourth-order valence-corrected chi connectivity index (χ4v) is 1.93. The molecule has 0 aromatic heterocycles. The Balaban J connectivity index is 2.63. The largest absolute Gasteiger partial charge is 0.467 e. The van der Waals surface area contributed by atoms with Crippen LogP contribution in [0.15, 0.2) is 24.3 Å². The standard InChI is InChI=1S/C16H22ClNO4/c1-16(2,3)22-15(20)18-13(14(19)21-4)10-7-11-5-8-12(17)9-6-11/h5-6,8-9,13H,7,10H2,1-4H3,(H,18,20). The minimum atomic E-state index is -0.754. The van der Waals surface area contributed by atoms with Gasteiger partial charge in [-0.25, -0.2) is 9.59 Å². The van der Waals surface area contributed by atoms with Crippen LogP contribution in [0.3, 0.4) is 0 Å². The van der Waals surface area contributed by atoms with E-state index in [-0.39, 0.29) is 0 Å². The molecule has 1 aromatic carbocycles. The molecule has 0 aliphatic heterocycles. The molecule has 1 N–H and O–H groups in total. The highest BCUT2D eigenvalue weighted by Gasteiger charge is 2.24. The lowest BCUT2D eigenvalue weighted by Gasteiger charge is -2.22.